The van der Waals surface area contributed by atoms with Crippen molar-refractivity contribution >= 4 is 34.5 Å². The van der Waals surface area contributed by atoms with Crippen LogP contribution in [0, 0.1) is 0 Å². The summed E-state index contributed by atoms with van der Waals surface area (Å²) in [5.74, 6) is 1.48. The van der Waals surface area contributed by atoms with Gasteiger partial charge in [0.2, 0.25) is 5.91 Å². The monoisotopic (exact) mass is 465 g/mol. The molecule has 0 unspecified atom stereocenters. The Morgan fingerprint density at radius 1 is 1.06 bits per heavy atom. The number of carboxylic acid groups (broad SMARTS) is 1. The van der Waals surface area contributed by atoms with Crippen molar-refractivity contribution in [3.63, 3.8) is 0 Å². The second-order valence-electron chi connectivity index (χ2n) is 8.54. The van der Waals surface area contributed by atoms with Crippen molar-refractivity contribution in [2.24, 2.45) is 0 Å². The number of rotatable bonds is 4. The van der Waals surface area contributed by atoms with E-state index in [9.17, 15) is 9.59 Å². The molecule has 0 radical (unpaired) electrons. The zero-order valence-corrected chi connectivity index (χ0v) is 19.0. The number of nitrogens with zero attached hydrogens (tertiary/aromatic N) is 6. The van der Waals surface area contributed by atoms with E-state index >= 15 is 0 Å². The molecule has 0 atom stereocenters. The molecule has 4 heterocycles. The fourth-order valence-corrected chi connectivity index (χ4v) is 4.57. The molecule has 3 aromatic rings. The van der Waals surface area contributed by atoms with Crippen molar-refractivity contribution in [1.29, 1.82) is 0 Å². The van der Waals surface area contributed by atoms with Crippen molar-refractivity contribution in [1.82, 2.24) is 24.6 Å². The van der Waals surface area contributed by atoms with Gasteiger partial charge in [-0.3, -0.25) is 10.1 Å². The number of anilines is 2. The molecule has 0 aliphatic carbocycles. The van der Waals surface area contributed by atoms with Gasteiger partial charge in [-0.1, -0.05) is 0 Å². The van der Waals surface area contributed by atoms with Crippen molar-refractivity contribution in [3.05, 3.63) is 30.5 Å². The predicted octanol–water partition coefficient (Wildman–Crippen LogP) is 2.60. The van der Waals surface area contributed by atoms with Crippen molar-refractivity contribution in [2.45, 2.75) is 25.8 Å². The molecule has 5 rings (SSSR count). The highest BCUT2D eigenvalue weighted by atomic mass is 16.5. The summed E-state index contributed by atoms with van der Waals surface area (Å²) in [7, 11) is 0. The SMILES string of the molecule is CC(=O)N1CCC(n2ncc3c(N4CCOCC4)nc(-c4ccc(NC(=O)O)cc4)nc32)CC1. The zero-order chi connectivity index (χ0) is 23.7. The number of piperidine rings is 1. The molecule has 178 valence electrons. The van der Waals surface area contributed by atoms with Crippen LogP contribution in [0.5, 0.6) is 0 Å². The Labute approximate surface area is 196 Å². The highest BCUT2D eigenvalue weighted by Crippen LogP contribution is 2.32. The summed E-state index contributed by atoms with van der Waals surface area (Å²) in [5.41, 5.74) is 2.03. The number of ether oxygens (including phenoxy) is 1. The number of fused-ring (bicyclic) bond motifs is 1. The van der Waals surface area contributed by atoms with Gasteiger partial charge < -0.3 is 19.6 Å². The number of nitrogens with one attached hydrogen (secondary N) is 1. The maximum absolute atomic E-state index is 11.7. The van der Waals surface area contributed by atoms with E-state index in [0.29, 0.717) is 37.8 Å². The fraction of sp³-hybridized carbons (Fsp3) is 0.435. The van der Waals surface area contributed by atoms with Crippen LogP contribution in [-0.2, 0) is 9.53 Å². The largest absolute Gasteiger partial charge is 0.465 e. The van der Waals surface area contributed by atoms with Gasteiger partial charge in [-0.25, -0.2) is 19.4 Å². The maximum atomic E-state index is 11.7. The lowest BCUT2D eigenvalue weighted by molar-refractivity contribution is -0.130. The second kappa shape index (κ2) is 9.26. The first-order chi connectivity index (χ1) is 16.5. The number of carbonyl (C=O) groups excluding carboxylic acids is 1. The quantitative estimate of drug-likeness (QED) is 0.602. The van der Waals surface area contributed by atoms with Crippen LogP contribution < -0.4 is 10.2 Å². The molecule has 2 aromatic heterocycles. The molecule has 2 N–H and O–H groups in total. The van der Waals surface area contributed by atoms with Crippen LogP contribution in [0.2, 0.25) is 0 Å². The Kier molecular flexibility index (Phi) is 6.01. The molecule has 2 fully saturated rings. The third-order valence-electron chi connectivity index (χ3n) is 6.39. The minimum absolute atomic E-state index is 0.101. The average molecular weight is 466 g/mol. The Morgan fingerprint density at radius 3 is 2.41 bits per heavy atom. The molecule has 34 heavy (non-hydrogen) atoms. The molecule has 0 bridgehead atoms. The molecular formula is C23H27N7O4. The lowest BCUT2D eigenvalue weighted by Crippen LogP contribution is -2.38. The van der Waals surface area contributed by atoms with Crippen molar-refractivity contribution in [2.75, 3.05) is 49.6 Å². The highest BCUT2D eigenvalue weighted by Gasteiger charge is 2.26. The van der Waals surface area contributed by atoms with Gasteiger partial charge in [0.1, 0.15) is 5.82 Å². The van der Waals surface area contributed by atoms with Gasteiger partial charge in [0.15, 0.2) is 11.5 Å². The van der Waals surface area contributed by atoms with E-state index in [4.69, 9.17) is 24.9 Å². The molecular weight excluding hydrogens is 438 g/mol. The third-order valence-corrected chi connectivity index (χ3v) is 6.39. The molecule has 1 aromatic carbocycles. The minimum Gasteiger partial charge on any atom is -0.465 e. The standard InChI is InChI=1S/C23H27N7O4/c1-15(31)28-8-6-18(7-9-28)30-22-19(14-24-30)21(29-10-12-34-13-11-29)26-20(27-22)16-2-4-17(5-3-16)25-23(32)33/h2-5,14,18,25H,6-13H2,1H3,(H,32,33). The molecule has 2 aliphatic rings. The van der Waals surface area contributed by atoms with Gasteiger partial charge in [0, 0.05) is 44.4 Å². The predicted molar refractivity (Wildman–Crippen MR) is 126 cm³/mol. The van der Waals surface area contributed by atoms with Gasteiger partial charge >= 0.3 is 6.09 Å². The summed E-state index contributed by atoms with van der Waals surface area (Å²) in [6, 6.07) is 7.15. The van der Waals surface area contributed by atoms with Crippen LogP contribution >= 0.6 is 0 Å². The maximum Gasteiger partial charge on any atom is 0.409 e. The van der Waals surface area contributed by atoms with E-state index < -0.39 is 6.09 Å². The number of aromatic nitrogens is 4. The minimum atomic E-state index is -1.11. The van der Waals surface area contributed by atoms with Crippen LogP contribution in [-0.4, -0.2) is 81.1 Å². The topological polar surface area (TPSA) is 126 Å². The van der Waals surface area contributed by atoms with Gasteiger partial charge in [0.25, 0.3) is 0 Å². The first kappa shape index (κ1) is 22.1. The fourth-order valence-electron chi connectivity index (χ4n) is 4.57. The molecule has 0 saturated carbocycles. The first-order valence-electron chi connectivity index (χ1n) is 11.4. The Balaban J connectivity index is 1.54. The normalized spacial score (nSPS) is 17.2. The smallest absolute Gasteiger partial charge is 0.409 e. The molecule has 11 heteroatoms. The van der Waals surface area contributed by atoms with E-state index in [1.165, 1.54) is 0 Å². The molecule has 11 nitrogen and oxygen atoms in total. The molecule has 0 spiro atoms. The first-order valence-corrected chi connectivity index (χ1v) is 11.4. The second-order valence-corrected chi connectivity index (χ2v) is 8.54. The Bertz CT molecular complexity index is 1200. The highest BCUT2D eigenvalue weighted by molar-refractivity contribution is 5.89. The molecule has 2 saturated heterocycles. The summed E-state index contributed by atoms with van der Waals surface area (Å²) < 4.78 is 7.50. The van der Waals surface area contributed by atoms with Crippen LogP contribution in [0.1, 0.15) is 25.8 Å². The third kappa shape index (κ3) is 4.38. The summed E-state index contributed by atoms with van der Waals surface area (Å²) in [6.07, 6.45) is 2.36. The van der Waals surface area contributed by atoms with E-state index in [1.807, 2.05) is 27.9 Å². The van der Waals surface area contributed by atoms with Crippen LogP contribution in [0.15, 0.2) is 30.5 Å². The zero-order valence-electron chi connectivity index (χ0n) is 19.0. The van der Waals surface area contributed by atoms with Crippen LogP contribution in [0.4, 0.5) is 16.3 Å². The number of hydrogen-bond donors (Lipinski definition) is 2. The summed E-state index contributed by atoms with van der Waals surface area (Å²) in [6.45, 7) is 5.74. The number of likely N-dealkylation sites (tertiary alicyclic amines) is 1. The van der Waals surface area contributed by atoms with E-state index in [-0.39, 0.29) is 11.9 Å². The van der Waals surface area contributed by atoms with Crippen molar-refractivity contribution < 1.29 is 19.4 Å². The van der Waals surface area contributed by atoms with E-state index in [1.54, 1.807) is 19.1 Å². The molecule has 2 aliphatic heterocycles. The van der Waals surface area contributed by atoms with E-state index in [2.05, 4.69) is 10.2 Å². The Morgan fingerprint density at radius 2 is 1.76 bits per heavy atom. The average Bonchev–Trinajstić information content (AvgIpc) is 3.28. The van der Waals surface area contributed by atoms with Gasteiger partial charge in [-0.15, -0.1) is 0 Å². The lowest BCUT2D eigenvalue weighted by atomic mass is 10.1. The van der Waals surface area contributed by atoms with Gasteiger partial charge in [-0.2, -0.15) is 5.10 Å². The lowest BCUT2D eigenvalue weighted by Gasteiger charge is -2.31. The molecule has 2 amide bonds. The van der Waals surface area contributed by atoms with Gasteiger partial charge in [-0.05, 0) is 37.1 Å². The van der Waals surface area contributed by atoms with Gasteiger partial charge in [0.05, 0.1) is 30.8 Å². The van der Waals surface area contributed by atoms with Crippen LogP contribution in [0.3, 0.4) is 0 Å². The summed E-state index contributed by atoms with van der Waals surface area (Å²) >= 11 is 0. The number of hydrogen-bond acceptors (Lipinski definition) is 7. The number of morpholine rings is 1. The van der Waals surface area contributed by atoms with Crippen LogP contribution in [0.25, 0.3) is 22.4 Å². The Hall–Kier alpha value is -3.73. The summed E-state index contributed by atoms with van der Waals surface area (Å²) in [5, 5.41) is 16.9. The summed E-state index contributed by atoms with van der Waals surface area (Å²) in [4.78, 5) is 36.5. The van der Waals surface area contributed by atoms with E-state index in [0.717, 1.165) is 48.3 Å². The number of carbonyl (C=O) groups is 2. The number of amides is 2. The van der Waals surface area contributed by atoms with Crippen molar-refractivity contribution in [3.8, 4) is 11.4 Å². The number of benzene rings is 1.